The standard InChI is InChI=1S/C30H14F6N6O2/c31-29(32,33)19-8-4-15-6-10-21(37-23(15)13-19)27-41-39-25(43-27)17-2-1-3-18(12-17)26-40-42-28(44-26)22-11-7-16-5-9-20(30(34,35)36)14-24(16)38-22/h1-14H. The van der Waals surface area contributed by atoms with Gasteiger partial charge in [-0.3, -0.25) is 0 Å². The average Bonchev–Trinajstić information content (AvgIpc) is 3.70. The van der Waals surface area contributed by atoms with Crippen molar-refractivity contribution in [3.05, 3.63) is 96.1 Å². The summed E-state index contributed by atoms with van der Waals surface area (Å²) in [4.78, 5) is 8.54. The van der Waals surface area contributed by atoms with Gasteiger partial charge in [-0.25, -0.2) is 9.97 Å². The van der Waals surface area contributed by atoms with Crippen molar-refractivity contribution in [1.29, 1.82) is 0 Å². The SMILES string of the molecule is FC(F)(F)c1ccc2ccc(-c3nnc(-c4cccc(-c5nnc(-c6ccc7ccc(C(F)(F)F)cc7n6)o5)c4)o3)nc2c1. The molecule has 0 radical (unpaired) electrons. The maximum atomic E-state index is 13.2. The summed E-state index contributed by atoms with van der Waals surface area (Å²) in [6.45, 7) is 0. The average molecular weight is 604 g/mol. The maximum absolute atomic E-state index is 13.2. The molecule has 0 N–H and O–H groups in total. The summed E-state index contributed by atoms with van der Waals surface area (Å²) in [7, 11) is 0. The lowest BCUT2D eigenvalue weighted by atomic mass is 10.1. The number of rotatable bonds is 4. The van der Waals surface area contributed by atoms with E-state index in [1.807, 2.05) is 0 Å². The minimum atomic E-state index is -4.51. The van der Waals surface area contributed by atoms with E-state index in [0.717, 1.165) is 24.3 Å². The summed E-state index contributed by atoms with van der Waals surface area (Å²) in [5.41, 5.74) is -0.0741. The highest BCUT2D eigenvalue weighted by Gasteiger charge is 2.31. The molecule has 44 heavy (non-hydrogen) atoms. The number of fused-ring (bicyclic) bond motifs is 2. The number of hydrogen-bond donors (Lipinski definition) is 0. The Bertz CT molecular complexity index is 2040. The summed E-state index contributed by atoms with van der Waals surface area (Å²) < 4.78 is 90.5. The molecule has 14 heteroatoms. The molecule has 0 unspecified atom stereocenters. The molecule has 0 spiro atoms. The first-order chi connectivity index (χ1) is 21.0. The second-order valence-electron chi connectivity index (χ2n) is 9.61. The fourth-order valence-corrected chi connectivity index (χ4v) is 4.50. The van der Waals surface area contributed by atoms with Gasteiger partial charge >= 0.3 is 12.4 Å². The van der Waals surface area contributed by atoms with Crippen molar-refractivity contribution >= 4 is 21.8 Å². The molecule has 4 aromatic heterocycles. The van der Waals surface area contributed by atoms with Crippen LogP contribution in [-0.4, -0.2) is 30.4 Å². The number of aromatic nitrogens is 6. The Hall–Kier alpha value is -5.66. The fraction of sp³-hybridized carbons (Fsp3) is 0.0667. The Balaban J connectivity index is 1.16. The van der Waals surface area contributed by atoms with E-state index in [4.69, 9.17) is 8.83 Å². The van der Waals surface area contributed by atoms with Crippen LogP contribution in [0.3, 0.4) is 0 Å². The van der Waals surface area contributed by atoms with Gasteiger partial charge in [0.05, 0.1) is 22.2 Å². The Morgan fingerprint density at radius 1 is 0.455 bits per heavy atom. The molecule has 0 atom stereocenters. The molecule has 0 fully saturated rings. The van der Waals surface area contributed by atoms with Crippen LogP contribution in [0.2, 0.25) is 0 Å². The number of halogens is 6. The molecular formula is C30H14F6N6O2. The molecule has 0 aliphatic heterocycles. The van der Waals surface area contributed by atoms with E-state index in [-0.39, 0.29) is 46.0 Å². The third-order valence-electron chi connectivity index (χ3n) is 6.68. The molecule has 0 saturated carbocycles. The molecule has 8 nitrogen and oxygen atoms in total. The molecule has 0 bridgehead atoms. The first kappa shape index (κ1) is 27.2. The zero-order chi connectivity index (χ0) is 30.6. The van der Waals surface area contributed by atoms with Gasteiger partial charge in [0, 0.05) is 21.9 Å². The van der Waals surface area contributed by atoms with Gasteiger partial charge in [-0.2, -0.15) is 26.3 Å². The quantitative estimate of drug-likeness (QED) is 0.185. The molecular weight excluding hydrogens is 590 g/mol. The van der Waals surface area contributed by atoms with Crippen molar-refractivity contribution in [1.82, 2.24) is 30.4 Å². The van der Waals surface area contributed by atoms with E-state index in [0.29, 0.717) is 21.9 Å². The zero-order valence-corrected chi connectivity index (χ0v) is 21.9. The number of benzene rings is 3. The Labute approximate surface area is 242 Å². The van der Waals surface area contributed by atoms with Crippen molar-refractivity contribution in [3.63, 3.8) is 0 Å². The topological polar surface area (TPSA) is 104 Å². The molecule has 218 valence electrons. The maximum Gasteiger partial charge on any atom is 0.416 e. The third-order valence-corrected chi connectivity index (χ3v) is 6.68. The summed E-state index contributed by atoms with van der Waals surface area (Å²) in [5, 5.41) is 17.1. The van der Waals surface area contributed by atoms with Crippen molar-refractivity contribution in [2.75, 3.05) is 0 Å². The minimum Gasteiger partial charge on any atom is -0.415 e. The highest BCUT2D eigenvalue weighted by Crippen LogP contribution is 2.34. The molecule has 0 aliphatic rings. The summed E-state index contributed by atoms with van der Waals surface area (Å²) in [6, 6.07) is 19.6. The summed E-state index contributed by atoms with van der Waals surface area (Å²) in [5.74, 6) is 0.204. The third kappa shape index (κ3) is 5.10. The Morgan fingerprint density at radius 2 is 0.864 bits per heavy atom. The van der Waals surface area contributed by atoms with E-state index >= 15 is 0 Å². The lowest BCUT2D eigenvalue weighted by Crippen LogP contribution is -2.04. The van der Waals surface area contributed by atoms with Crippen LogP contribution in [0.4, 0.5) is 26.3 Å². The minimum absolute atomic E-state index is 0.000787. The Kier molecular flexibility index (Phi) is 6.16. The van der Waals surface area contributed by atoms with E-state index in [2.05, 4.69) is 30.4 Å². The second-order valence-corrected chi connectivity index (χ2v) is 9.61. The molecule has 7 rings (SSSR count). The molecule has 4 heterocycles. The first-order valence-corrected chi connectivity index (χ1v) is 12.8. The van der Waals surface area contributed by atoms with E-state index in [9.17, 15) is 26.3 Å². The molecule has 0 amide bonds. The second kappa shape index (κ2) is 9.97. The van der Waals surface area contributed by atoms with Crippen molar-refractivity contribution < 1.29 is 35.2 Å². The van der Waals surface area contributed by atoms with Crippen LogP contribution in [0.25, 0.3) is 67.9 Å². The number of hydrogen-bond acceptors (Lipinski definition) is 8. The number of pyridine rings is 2. The Morgan fingerprint density at radius 3 is 1.30 bits per heavy atom. The highest BCUT2D eigenvalue weighted by molar-refractivity contribution is 5.82. The molecule has 7 aromatic rings. The lowest BCUT2D eigenvalue weighted by molar-refractivity contribution is -0.138. The van der Waals surface area contributed by atoms with Gasteiger partial charge in [-0.05, 0) is 54.6 Å². The summed E-state index contributed by atoms with van der Waals surface area (Å²) >= 11 is 0. The fourth-order valence-electron chi connectivity index (χ4n) is 4.50. The van der Waals surface area contributed by atoms with Gasteiger partial charge in [-0.15, -0.1) is 20.4 Å². The van der Waals surface area contributed by atoms with Gasteiger partial charge in [0.15, 0.2) is 0 Å². The van der Waals surface area contributed by atoms with Crippen molar-refractivity contribution in [2.45, 2.75) is 12.4 Å². The summed E-state index contributed by atoms with van der Waals surface area (Å²) in [6.07, 6.45) is -9.03. The van der Waals surface area contributed by atoms with Crippen molar-refractivity contribution in [3.8, 4) is 46.1 Å². The monoisotopic (exact) mass is 604 g/mol. The first-order valence-electron chi connectivity index (χ1n) is 12.8. The normalized spacial score (nSPS) is 12.3. The highest BCUT2D eigenvalue weighted by atomic mass is 19.4. The van der Waals surface area contributed by atoms with Crippen LogP contribution >= 0.6 is 0 Å². The van der Waals surface area contributed by atoms with Crippen LogP contribution in [0, 0.1) is 0 Å². The number of nitrogens with zero attached hydrogens (tertiary/aromatic N) is 6. The van der Waals surface area contributed by atoms with Crippen LogP contribution in [-0.2, 0) is 12.4 Å². The van der Waals surface area contributed by atoms with Gasteiger partial charge in [-0.1, -0.05) is 30.3 Å². The van der Waals surface area contributed by atoms with Gasteiger partial charge < -0.3 is 8.83 Å². The van der Waals surface area contributed by atoms with E-state index in [1.54, 1.807) is 48.5 Å². The molecule has 0 aliphatic carbocycles. The van der Waals surface area contributed by atoms with Crippen LogP contribution < -0.4 is 0 Å². The largest absolute Gasteiger partial charge is 0.416 e. The molecule has 0 saturated heterocycles. The van der Waals surface area contributed by atoms with Crippen LogP contribution in [0.15, 0.2) is 93.8 Å². The van der Waals surface area contributed by atoms with Gasteiger partial charge in [0.25, 0.3) is 11.8 Å². The van der Waals surface area contributed by atoms with E-state index in [1.165, 1.54) is 12.1 Å². The van der Waals surface area contributed by atoms with Crippen LogP contribution in [0.1, 0.15) is 11.1 Å². The molecule has 3 aromatic carbocycles. The predicted octanol–water partition coefficient (Wildman–Crippen LogP) is 8.25. The smallest absolute Gasteiger partial charge is 0.415 e. The van der Waals surface area contributed by atoms with Crippen LogP contribution in [0.5, 0.6) is 0 Å². The van der Waals surface area contributed by atoms with Gasteiger partial charge in [0.2, 0.25) is 11.8 Å². The lowest BCUT2D eigenvalue weighted by Gasteiger charge is -2.07. The predicted molar refractivity (Wildman–Crippen MR) is 145 cm³/mol. The zero-order valence-electron chi connectivity index (χ0n) is 21.9. The van der Waals surface area contributed by atoms with Crippen molar-refractivity contribution in [2.24, 2.45) is 0 Å². The van der Waals surface area contributed by atoms with E-state index < -0.39 is 23.5 Å². The number of alkyl halides is 6. The van der Waals surface area contributed by atoms with Gasteiger partial charge in [0.1, 0.15) is 11.4 Å².